The molecule has 0 aliphatic carbocycles. The number of H-pyrrole nitrogens is 1. The summed E-state index contributed by atoms with van der Waals surface area (Å²) in [7, 11) is 1.92. The second-order valence-corrected chi connectivity index (χ2v) is 4.48. The summed E-state index contributed by atoms with van der Waals surface area (Å²) in [6.07, 6.45) is 0.739. The van der Waals surface area contributed by atoms with E-state index in [9.17, 15) is 13.2 Å². The minimum absolute atomic E-state index is 0.186. The van der Waals surface area contributed by atoms with Crippen LogP contribution < -0.4 is 0 Å². The number of rotatable bonds is 0. The summed E-state index contributed by atoms with van der Waals surface area (Å²) >= 11 is 0. The molecule has 3 rings (SSSR count). The van der Waals surface area contributed by atoms with Crippen molar-refractivity contribution in [1.29, 1.82) is 0 Å². The fraction of sp³-hybridized carbons (Fsp3) is 0.333. The van der Waals surface area contributed by atoms with Gasteiger partial charge in [0.25, 0.3) is 0 Å². The average molecular weight is 240 g/mol. The van der Waals surface area contributed by atoms with Gasteiger partial charge in [-0.1, -0.05) is 0 Å². The molecular weight excluding hydrogens is 229 g/mol. The van der Waals surface area contributed by atoms with Gasteiger partial charge in [0.1, 0.15) is 0 Å². The summed E-state index contributed by atoms with van der Waals surface area (Å²) in [5.74, 6) is -3.64. The van der Waals surface area contributed by atoms with E-state index in [1.165, 1.54) is 0 Å². The van der Waals surface area contributed by atoms with Crippen LogP contribution in [0.2, 0.25) is 0 Å². The number of aromatic nitrogens is 1. The third-order valence-corrected chi connectivity index (χ3v) is 3.29. The Kier molecular flexibility index (Phi) is 2.19. The molecule has 2 aromatic rings. The SMILES string of the molecule is CN1CCc2[nH]c3cc(F)c(F)c(F)c3c2C1. The monoisotopic (exact) mass is 240 g/mol. The molecule has 0 saturated heterocycles. The van der Waals surface area contributed by atoms with E-state index in [-0.39, 0.29) is 5.39 Å². The molecule has 1 aliphatic heterocycles. The van der Waals surface area contributed by atoms with Crippen LogP contribution in [0.15, 0.2) is 6.07 Å². The normalized spacial score (nSPS) is 16.5. The highest BCUT2D eigenvalue weighted by Gasteiger charge is 2.24. The van der Waals surface area contributed by atoms with Crippen molar-refractivity contribution in [3.63, 3.8) is 0 Å². The summed E-state index contributed by atoms with van der Waals surface area (Å²) in [6, 6.07) is 1.02. The van der Waals surface area contributed by atoms with Crippen molar-refractivity contribution in [1.82, 2.24) is 9.88 Å². The molecule has 2 heterocycles. The number of likely N-dealkylation sites (N-methyl/N-ethyl adjacent to an activating group) is 1. The lowest BCUT2D eigenvalue weighted by Crippen LogP contribution is -2.26. The fourth-order valence-electron chi connectivity index (χ4n) is 2.42. The number of hydrogen-bond donors (Lipinski definition) is 1. The molecule has 17 heavy (non-hydrogen) atoms. The molecule has 0 amide bonds. The summed E-state index contributed by atoms with van der Waals surface area (Å²) in [6.45, 7) is 1.41. The number of nitrogens with one attached hydrogen (secondary N) is 1. The zero-order chi connectivity index (χ0) is 12.2. The summed E-state index contributed by atoms with van der Waals surface area (Å²) in [4.78, 5) is 5.00. The molecule has 0 saturated carbocycles. The van der Waals surface area contributed by atoms with Crippen LogP contribution in [-0.4, -0.2) is 23.5 Å². The molecule has 0 bridgehead atoms. The molecule has 0 fully saturated rings. The van der Waals surface area contributed by atoms with Gasteiger partial charge in [-0.3, -0.25) is 0 Å². The predicted molar refractivity (Wildman–Crippen MR) is 58.2 cm³/mol. The second-order valence-electron chi connectivity index (χ2n) is 4.48. The van der Waals surface area contributed by atoms with Gasteiger partial charge in [0.05, 0.1) is 5.52 Å². The average Bonchev–Trinajstić information content (AvgIpc) is 2.63. The van der Waals surface area contributed by atoms with E-state index in [1.54, 1.807) is 0 Å². The van der Waals surface area contributed by atoms with Gasteiger partial charge < -0.3 is 9.88 Å². The molecule has 90 valence electrons. The van der Waals surface area contributed by atoms with Crippen molar-refractivity contribution >= 4 is 10.9 Å². The Hall–Kier alpha value is -1.49. The molecule has 5 heteroatoms. The van der Waals surface area contributed by atoms with E-state index in [1.807, 2.05) is 11.9 Å². The van der Waals surface area contributed by atoms with Gasteiger partial charge in [0.2, 0.25) is 0 Å². The van der Waals surface area contributed by atoms with Crippen molar-refractivity contribution in [3.05, 3.63) is 34.8 Å². The van der Waals surface area contributed by atoms with E-state index < -0.39 is 17.5 Å². The third-order valence-electron chi connectivity index (χ3n) is 3.29. The van der Waals surface area contributed by atoms with Gasteiger partial charge in [0.15, 0.2) is 17.5 Å². The Morgan fingerprint density at radius 1 is 1.24 bits per heavy atom. The number of hydrogen-bond acceptors (Lipinski definition) is 1. The van der Waals surface area contributed by atoms with E-state index in [0.29, 0.717) is 12.1 Å². The van der Waals surface area contributed by atoms with Crippen LogP contribution in [-0.2, 0) is 13.0 Å². The third kappa shape index (κ3) is 1.45. The Balaban J connectivity index is 2.34. The minimum atomic E-state index is -1.40. The Morgan fingerprint density at radius 2 is 2.00 bits per heavy atom. The van der Waals surface area contributed by atoms with Gasteiger partial charge in [-0.05, 0) is 12.6 Å². The van der Waals surface area contributed by atoms with Crippen LogP contribution in [0.3, 0.4) is 0 Å². The first kappa shape index (κ1) is 10.7. The quantitative estimate of drug-likeness (QED) is 0.701. The van der Waals surface area contributed by atoms with E-state index in [0.717, 1.165) is 30.3 Å². The predicted octanol–water partition coefficient (Wildman–Crippen LogP) is 2.57. The van der Waals surface area contributed by atoms with Crippen LogP contribution in [0, 0.1) is 17.5 Å². The standard InChI is InChI=1S/C12H11F3N2/c1-17-3-2-8-6(5-17)10-9(16-8)4-7(13)11(14)12(10)15/h4,16H,2-3,5H2,1H3. The van der Waals surface area contributed by atoms with Gasteiger partial charge >= 0.3 is 0 Å². The summed E-state index contributed by atoms with van der Waals surface area (Å²) in [5, 5.41) is 0.186. The first-order valence-electron chi connectivity index (χ1n) is 5.43. The van der Waals surface area contributed by atoms with Gasteiger partial charge in [-0.25, -0.2) is 13.2 Å². The van der Waals surface area contributed by atoms with Crippen LogP contribution in [0.25, 0.3) is 10.9 Å². The van der Waals surface area contributed by atoms with Crippen LogP contribution >= 0.6 is 0 Å². The zero-order valence-corrected chi connectivity index (χ0v) is 9.28. The van der Waals surface area contributed by atoms with Crippen LogP contribution in [0.5, 0.6) is 0 Å². The van der Waals surface area contributed by atoms with Crippen LogP contribution in [0.1, 0.15) is 11.3 Å². The topological polar surface area (TPSA) is 19.0 Å². The van der Waals surface area contributed by atoms with Crippen molar-refractivity contribution in [2.75, 3.05) is 13.6 Å². The number of halogens is 3. The van der Waals surface area contributed by atoms with Crippen molar-refractivity contribution in [3.8, 4) is 0 Å². The van der Waals surface area contributed by atoms with Crippen molar-refractivity contribution in [2.45, 2.75) is 13.0 Å². The van der Waals surface area contributed by atoms with Gasteiger partial charge in [-0.2, -0.15) is 0 Å². The van der Waals surface area contributed by atoms with E-state index >= 15 is 0 Å². The smallest absolute Gasteiger partial charge is 0.195 e. The lowest BCUT2D eigenvalue weighted by molar-refractivity contribution is 0.312. The Morgan fingerprint density at radius 3 is 2.76 bits per heavy atom. The largest absolute Gasteiger partial charge is 0.358 e. The van der Waals surface area contributed by atoms with E-state index in [2.05, 4.69) is 4.98 Å². The van der Waals surface area contributed by atoms with Gasteiger partial charge in [-0.15, -0.1) is 0 Å². The highest BCUT2D eigenvalue weighted by atomic mass is 19.2. The number of fused-ring (bicyclic) bond motifs is 3. The fourth-order valence-corrected chi connectivity index (χ4v) is 2.42. The molecular formula is C12H11F3N2. The van der Waals surface area contributed by atoms with Crippen molar-refractivity contribution < 1.29 is 13.2 Å². The molecule has 1 aromatic heterocycles. The first-order chi connectivity index (χ1) is 8.08. The highest BCUT2D eigenvalue weighted by Crippen LogP contribution is 2.31. The van der Waals surface area contributed by atoms with Crippen molar-refractivity contribution in [2.24, 2.45) is 0 Å². The molecule has 0 spiro atoms. The number of aromatic amines is 1. The van der Waals surface area contributed by atoms with Gasteiger partial charge in [0, 0.05) is 36.7 Å². The van der Waals surface area contributed by atoms with E-state index in [4.69, 9.17) is 0 Å². The molecule has 1 aromatic carbocycles. The summed E-state index contributed by atoms with van der Waals surface area (Å²) in [5.41, 5.74) is 1.95. The summed E-state index contributed by atoms with van der Waals surface area (Å²) < 4.78 is 40.1. The molecule has 0 atom stereocenters. The molecule has 2 nitrogen and oxygen atoms in total. The molecule has 0 unspecified atom stereocenters. The highest BCUT2D eigenvalue weighted by molar-refractivity contribution is 5.85. The maximum absolute atomic E-state index is 13.8. The first-order valence-corrected chi connectivity index (χ1v) is 5.43. The number of benzene rings is 1. The Labute approximate surface area is 96.0 Å². The Bertz CT molecular complexity index is 604. The molecule has 0 radical (unpaired) electrons. The second kappa shape index (κ2) is 3.50. The maximum atomic E-state index is 13.8. The maximum Gasteiger partial charge on any atom is 0.195 e. The minimum Gasteiger partial charge on any atom is -0.358 e. The molecule has 1 N–H and O–H groups in total. The lowest BCUT2D eigenvalue weighted by Gasteiger charge is -2.22. The molecule has 1 aliphatic rings. The zero-order valence-electron chi connectivity index (χ0n) is 9.28. The number of nitrogens with zero attached hydrogens (tertiary/aromatic N) is 1. The van der Waals surface area contributed by atoms with Crippen LogP contribution in [0.4, 0.5) is 13.2 Å². The lowest BCUT2D eigenvalue weighted by atomic mass is 10.0.